The van der Waals surface area contributed by atoms with Crippen molar-refractivity contribution in [2.24, 2.45) is 0 Å². The number of methoxy groups -OCH3 is 1. The molecule has 0 spiro atoms. The predicted molar refractivity (Wildman–Crippen MR) is 108 cm³/mol. The summed E-state index contributed by atoms with van der Waals surface area (Å²) in [4.78, 5) is 15.4. The average Bonchev–Trinajstić information content (AvgIpc) is 3.27. The number of carbonyl (C=O) groups is 1. The minimum absolute atomic E-state index is 0.0441. The molecular formula is C21H23N5O4. The van der Waals surface area contributed by atoms with Gasteiger partial charge >= 0.3 is 0 Å². The van der Waals surface area contributed by atoms with E-state index < -0.39 is 0 Å². The molecule has 156 valence electrons. The molecule has 1 aromatic heterocycles. The molecule has 9 nitrogen and oxygen atoms in total. The Labute approximate surface area is 174 Å². The third-order valence-corrected chi connectivity index (χ3v) is 4.75. The lowest BCUT2D eigenvalue weighted by atomic mass is 10.2. The van der Waals surface area contributed by atoms with Gasteiger partial charge in [0.05, 0.1) is 20.3 Å². The zero-order chi connectivity index (χ0) is 20.8. The fourth-order valence-electron chi connectivity index (χ4n) is 3.12. The first-order chi connectivity index (χ1) is 14.7. The number of hydrogen-bond donors (Lipinski definition) is 0. The SMILES string of the molecule is COc1cc(-c2nnn(CC(=O)N3CCOCC3)n2)ccc1OCc1ccccc1. The highest BCUT2D eigenvalue weighted by Crippen LogP contribution is 2.31. The zero-order valence-electron chi connectivity index (χ0n) is 16.7. The van der Waals surface area contributed by atoms with Gasteiger partial charge in [0.1, 0.15) is 13.2 Å². The van der Waals surface area contributed by atoms with E-state index in [1.807, 2.05) is 42.5 Å². The Hall–Kier alpha value is -3.46. The number of nitrogens with zero attached hydrogens (tertiary/aromatic N) is 5. The van der Waals surface area contributed by atoms with Crippen LogP contribution in [-0.2, 0) is 22.7 Å². The third kappa shape index (κ3) is 4.74. The minimum Gasteiger partial charge on any atom is -0.493 e. The number of benzene rings is 2. The molecule has 9 heteroatoms. The lowest BCUT2D eigenvalue weighted by molar-refractivity contribution is -0.136. The molecule has 2 aromatic carbocycles. The Morgan fingerprint density at radius 1 is 1.10 bits per heavy atom. The predicted octanol–water partition coefficient (Wildman–Crippen LogP) is 1.79. The van der Waals surface area contributed by atoms with Gasteiger partial charge in [-0.05, 0) is 29.0 Å². The normalized spacial score (nSPS) is 13.8. The Morgan fingerprint density at radius 2 is 1.90 bits per heavy atom. The molecule has 0 atom stereocenters. The highest BCUT2D eigenvalue weighted by Gasteiger charge is 2.19. The van der Waals surface area contributed by atoms with Gasteiger partial charge < -0.3 is 19.1 Å². The van der Waals surface area contributed by atoms with Crippen LogP contribution in [0.25, 0.3) is 11.4 Å². The Morgan fingerprint density at radius 3 is 2.67 bits per heavy atom. The van der Waals surface area contributed by atoms with Crippen LogP contribution in [-0.4, -0.2) is 64.4 Å². The van der Waals surface area contributed by atoms with Gasteiger partial charge in [0.15, 0.2) is 11.5 Å². The van der Waals surface area contributed by atoms with Gasteiger partial charge in [0, 0.05) is 18.7 Å². The summed E-state index contributed by atoms with van der Waals surface area (Å²) in [6, 6.07) is 15.4. The van der Waals surface area contributed by atoms with Crippen molar-refractivity contribution in [3.05, 3.63) is 54.1 Å². The van der Waals surface area contributed by atoms with E-state index >= 15 is 0 Å². The van der Waals surface area contributed by atoms with Crippen LogP contribution in [0.4, 0.5) is 0 Å². The standard InChI is InChI=1S/C21H23N5O4/c1-28-19-13-17(7-8-18(19)30-15-16-5-3-2-4-6-16)21-22-24-26(23-21)14-20(27)25-9-11-29-12-10-25/h2-8,13H,9-12,14-15H2,1H3. The first kappa shape index (κ1) is 19.8. The first-order valence-corrected chi connectivity index (χ1v) is 9.71. The molecule has 0 bridgehead atoms. The number of rotatable bonds is 7. The zero-order valence-corrected chi connectivity index (χ0v) is 16.7. The van der Waals surface area contributed by atoms with E-state index in [4.69, 9.17) is 14.2 Å². The van der Waals surface area contributed by atoms with E-state index in [2.05, 4.69) is 15.4 Å². The maximum Gasteiger partial charge on any atom is 0.246 e. The van der Waals surface area contributed by atoms with Crippen LogP contribution >= 0.6 is 0 Å². The monoisotopic (exact) mass is 409 g/mol. The van der Waals surface area contributed by atoms with E-state index in [1.165, 1.54) is 4.80 Å². The summed E-state index contributed by atoms with van der Waals surface area (Å²) in [6.45, 7) is 2.77. The Balaban J connectivity index is 1.43. The summed E-state index contributed by atoms with van der Waals surface area (Å²) >= 11 is 0. The van der Waals surface area contributed by atoms with Crippen molar-refractivity contribution >= 4 is 5.91 Å². The van der Waals surface area contributed by atoms with Gasteiger partial charge in [-0.25, -0.2) is 0 Å². The molecule has 4 rings (SSSR count). The van der Waals surface area contributed by atoms with Crippen LogP contribution in [0.1, 0.15) is 5.56 Å². The summed E-state index contributed by atoms with van der Waals surface area (Å²) in [5.41, 5.74) is 1.79. The van der Waals surface area contributed by atoms with Crippen molar-refractivity contribution in [1.29, 1.82) is 0 Å². The van der Waals surface area contributed by atoms with Gasteiger partial charge in [-0.2, -0.15) is 4.80 Å². The molecule has 1 amide bonds. The summed E-state index contributed by atoms with van der Waals surface area (Å²) < 4.78 is 16.6. The van der Waals surface area contributed by atoms with Gasteiger partial charge in [0.25, 0.3) is 0 Å². The van der Waals surface area contributed by atoms with Crippen molar-refractivity contribution in [3.8, 4) is 22.9 Å². The molecule has 0 radical (unpaired) electrons. The number of hydrogen-bond acceptors (Lipinski definition) is 7. The van der Waals surface area contributed by atoms with Crippen LogP contribution in [0, 0.1) is 0 Å². The van der Waals surface area contributed by atoms with E-state index in [0.717, 1.165) is 11.1 Å². The van der Waals surface area contributed by atoms with Crippen LogP contribution in [0.3, 0.4) is 0 Å². The van der Waals surface area contributed by atoms with Crippen molar-refractivity contribution in [1.82, 2.24) is 25.1 Å². The molecule has 1 aliphatic heterocycles. The molecule has 1 saturated heterocycles. The molecular weight excluding hydrogens is 386 g/mol. The largest absolute Gasteiger partial charge is 0.493 e. The Bertz CT molecular complexity index is 986. The summed E-state index contributed by atoms with van der Waals surface area (Å²) in [5, 5.41) is 12.4. The molecule has 2 heterocycles. The van der Waals surface area contributed by atoms with Crippen LogP contribution in [0.2, 0.25) is 0 Å². The van der Waals surface area contributed by atoms with E-state index in [1.54, 1.807) is 18.1 Å². The van der Waals surface area contributed by atoms with Gasteiger partial charge in [-0.15, -0.1) is 10.2 Å². The second-order valence-electron chi connectivity index (χ2n) is 6.78. The summed E-state index contributed by atoms with van der Waals surface area (Å²) in [7, 11) is 1.58. The fraction of sp³-hybridized carbons (Fsp3) is 0.333. The third-order valence-electron chi connectivity index (χ3n) is 4.75. The molecule has 0 unspecified atom stereocenters. The van der Waals surface area contributed by atoms with Gasteiger partial charge in [0.2, 0.25) is 11.7 Å². The molecule has 1 aliphatic rings. The van der Waals surface area contributed by atoms with Gasteiger partial charge in [-0.3, -0.25) is 4.79 Å². The Kier molecular flexibility index (Phi) is 6.19. The molecule has 0 saturated carbocycles. The minimum atomic E-state index is -0.0514. The molecule has 30 heavy (non-hydrogen) atoms. The van der Waals surface area contributed by atoms with E-state index in [-0.39, 0.29) is 12.5 Å². The highest BCUT2D eigenvalue weighted by molar-refractivity contribution is 5.75. The van der Waals surface area contributed by atoms with E-state index in [9.17, 15) is 4.79 Å². The van der Waals surface area contributed by atoms with Crippen molar-refractivity contribution < 1.29 is 19.0 Å². The number of morpholine rings is 1. The number of amides is 1. The van der Waals surface area contributed by atoms with Gasteiger partial charge in [-0.1, -0.05) is 30.3 Å². The van der Waals surface area contributed by atoms with Crippen LogP contribution in [0.5, 0.6) is 11.5 Å². The average molecular weight is 409 g/mol. The number of ether oxygens (including phenoxy) is 3. The topological polar surface area (TPSA) is 91.6 Å². The molecule has 0 aliphatic carbocycles. The molecule has 0 N–H and O–H groups in total. The fourth-order valence-corrected chi connectivity index (χ4v) is 3.12. The second kappa shape index (κ2) is 9.36. The summed E-state index contributed by atoms with van der Waals surface area (Å²) in [5.74, 6) is 1.56. The van der Waals surface area contributed by atoms with E-state index in [0.29, 0.717) is 50.2 Å². The van der Waals surface area contributed by atoms with Crippen LogP contribution in [0.15, 0.2) is 48.5 Å². The number of carbonyl (C=O) groups excluding carboxylic acids is 1. The number of tetrazole rings is 1. The second-order valence-corrected chi connectivity index (χ2v) is 6.78. The molecule has 1 fully saturated rings. The maximum atomic E-state index is 12.4. The number of aromatic nitrogens is 4. The quantitative estimate of drug-likeness (QED) is 0.587. The smallest absolute Gasteiger partial charge is 0.246 e. The summed E-state index contributed by atoms with van der Waals surface area (Å²) in [6.07, 6.45) is 0. The molecule has 3 aromatic rings. The maximum absolute atomic E-state index is 12.4. The lowest BCUT2D eigenvalue weighted by Gasteiger charge is -2.26. The first-order valence-electron chi connectivity index (χ1n) is 9.71. The van der Waals surface area contributed by atoms with Crippen molar-refractivity contribution in [2.75, 3.05) is 33.4 Å². The van der Waals surface area contributed by atoms with Crippen molar-refractivity contribution in [3.63, 3.8) is 0 Å². The highest BCUT2D eigenvalue weighted by atomic mass is 16.5. The van der Waals surface area contributed by atoms with Crippen molar-refractivity contribution in [2.45, 2.75) is 13.2 Å². The lowest BCUT2D eigenvalue weighted by Crippen LogP contribution is -2.42. The van der Waals surface area contributed by atoms with Crippen LogP contribution < -0.4 is 9.47 Å².